The molecule has 3 N–H and O–H groups in total. The number of nitrogens with two attached hydrogens (primary N) is 1. The van der Waals surface area contributed by atoms with Crippen LogP contribution in [0, 0.1) is 0 Å². The summed E-state index contributed by atoms with van der Waals surface area (Å²) in [6.07, 6.45) is -0.535. The second-order valence-corrected chi connectivity index (χ2v) is 9.98. The lowest BCUT2D eigenvalue weighted by Gasteiger charge is -2.19. The molecule has 38 heavy (non-hydrogen) atoms. The van der Waals surface area contributed by atoms with E-state index in [-0.39, 0.29) is 6.54 Å². The van der Waals surface area contributed by atoms with Gasteiger partial charge in [0.05, 0.1) is 27.3 Å². The number of halogens is 1. The van der Waals surface area contributed by atoms with Gasteiger partial charge in [-0.25, -0.2) is 14.4 Å². The monoisotopic (exact) mass is 588 g/mol. The van der Waals surface area contributed by atoms with Gasteiger partial charge < -0.3 is 34.1 Å². The first-order chi connectivity index (χ1) is 17.9. The Morgan fingerprint density at radius 3 is 2.13 bits per heavy atom. The molecule has 0 unspecified atom stereocenters. The summed E-state index contributed by atoms with van der Waals surface area (Å²) in [6.45, 7) is 5.83. The average molecular weight is 589 g/mol. The van der Waals surface area contributed by atoms with Crippen molar-refractivity contribution >= 4 is 55.9 Å². The van der Waals surface area contributed by atoms with Crippen molar-refractivity contribution < 1.29 is 37.4 Å². The zero-order chi connectivity index (χ0) is 28.0. The van der Waals surface area contributed by atoms with Crippen molar-refractivity contribution in [2.75, 3.05) is 14.2 Å². The fourth-order valence-corrected chi connectivity index (χ4v) is 3.96. The first-order valence-electron chi connectivity index (χ1n) is 11.5. The van der Waals surface area contributed by atoms with Gasteiger partial charge in [0.15, 0.2) is 0 Å². The van der Waals surface area contributed by atoms with Gasteiger partial charge in [0.2, 0.25) is 0 Å². The van der Waals surface area contributed by atoms with Crippen LogP contribution in [0.3, 0.4) is 0 Å². The van der Waals surface area contributed by atoms with Gasteiger partial charge in [-0.1, -0.05) is 28.1 Å². The SMILES string of the molecule is COC(=O)c1cc(Br)cc2cc(CNC(=O)OC(C)(C)C)oc12.COC(=O)c1cccc2cc(CN)oc12. The Kier molecular flexibility index (Phi) is 9.18. The molecular formula is C27H29BrN2O8. The lowest BCUT2D eigenvalue weighted by atomic mass is 10.1. The number of ether oxygens (including phenoxy) is 3. The van der Waals surface area contributed by atoms with Crippen LogP contribution in [0.1, 0.15) is 53.0 Å². The summed E-state index contributed by atoms with van der Waals surface area (Å²) in [7, 11) is 2.65. The summed E-state index contributed by atoms with van der Waals surface area (Å²) in [6, 6.07) is 12.3. The Morgan fingerprint density at radius 1 is 0.895 bits per heavy atom. The third-order valence-corrected chi connectivity index (χ3v) is 5.50. The van der Waals surface area contributed by atoms with E-state index < -0.39 is 23.6 Å². The van der Waals surface area contributed by atoms with E-state index >= 15 is 0 Å². The summed E-state index contributed by atoms with van der Waals surface area (Å²) in [5.74, 6) is 0.270. The maximum Gasteiger partial charge on any atom is 0.408 e. The summed E-state index contributed by atoms with van der Waals surface area (Å²) in [5.41, 5.74) is 6.59. The number of carbonyl (C=O) groups is 3. The van der Waals surface area contributed by atoms with Crippen molar-refractivity contribution in [3.8, 4) is 0 Å². The predicted molar refractivity (Wildman–Crippen MR) is 144 cm³/mol. The van der Waals surface area contributed by atoms with Crippen LogP contribution in [0.15, 0.2) is 55.8 Å². The summed E-state index contributed by atoms with van der Waals surface area (Å²) < 4.78 is 26.4. The number of hydrogen-bond acceptors (Lipinski definition) is 9. The highest BCUT2D eigenvalue weighted by atomic mass is 79.9. The van der Waals surface area contributed by atoms with Gasteiger partial charge in [0.25, 0.3) is 0 Å². The molecule has 0 saturated heterocycles. The number of esters is 2. The molecule has 1 amide bonds. The molecule has 0 radical (unpaired) electrons. The van der Waals surface area contributed by atoms with Crippen LogP contribution in [0.25, 0.3) is 21.9 Å². The molecule has 0 saturated carbocycles. The lowest BCUT2D eigenvalue weighted by molar-refractivity contribution is 0.0517. The van der Waals surface area contributed by atoms with Gasteiger partial charge in [-0.2, -0.15) is 0 Å². The molecule has 0 aliphatic carbocycles. The topological polar surface area (TPSA) is 143 Å². The molecule has 10 nitrogen and oxygen atoms in total. The number of alkyl carbamates (subject to hydrolysis) is 1. The Balaban J connectivity index is 0.000000230. The Bertz CT molecular complexity index is 1470. The normalized spacial score (nSPS) is 11.0. The molecule has 0 fully saturated rings. The first-order valence-corrected chi connectivity index (χ1v) is 12.3. The summed E-state index contributed by atoms with van der Waals surface area (Å²) in [5, 5.41) is 4.21. The van der Waals surface area contributed by atoms with Gasteiger partial charge >= 0.3 is 18.0 Å². The zero-order valence-corrected chi connectivity index (χ0v) is 23.3. The van der Waals surface area contributed by atoms with Crippen LogP contribution >= 0.6 is 15.9 Å². The highest BCUT2D eigenvalue weighted by Crippen LogP contribution is 2.28. The molecule has 4 aromatic rings. The second kappa shape index (κ2) is 12.1. The number of nitrogens with one attached hydrogen (secondary N) is 1. The third-order valence-electron chi connectivity index (χ3n) is 5.04. The quantitative estimate of drug-likeness (QED) is 0.222. The number of hydrogen-bond donors (Lipinski definition) is 2. The molecule has 2 heterocycles. The standard InChI is InChI=1S/C16H18BrNO5.C11H11NO3/c1-16(2,3)23-15(20)18-8-11-6-9-5-10(17)7-12(13(9)22-11)14(19)21-4;1-14-11(13)9-4-2-3-7-5-8(6-12)15-10(7)9/h5-7H,8H2,1-4H3,(H,18,20);2-5H,6,12H2,1H3. The molecule has 0 aliphatic rings. The number of para-hydroxylation sites is 1. The van der Waals surface area contributed by atoms with E-state index in [4.69, 9.17) is 24.0 Å². The Morgan fingerprint density at radius 2 is 1.50 bits per heavy atom. The van der Waals surface area contributed by atoms with Crippen molar-refractivity contribution in [2.24, 2.45) is 5.73 Å². The highest BCUT2D eigenvalue weighted by Gasteiger charge is 2.19. The fraction of sp³-hybridized carbons (Fsp3) is 0.296. The van der Waals surface area contributed by atoms with Crippen molar-refractivity contribution in [1.29, 1.82) is 0 Å². The molecule has 0 spiro atoms. The highest BCUT2D eigenvalue weighted by molar-refractivity contribution is 9.10. The van der Waals surface area contributed by atoms with Crippen LogP contribution < -0.4 is 11.1 Å². The van der Waals surface area contributed by atoms with E-state index in [2.05, 4.69) is 26.0 Å². The largest absolute Gasteiger partial charge is 0.465 e. The molecule has 0 atom stereocenters. The van der Waals surface area contributed by atoms with Crippen molar-refractivity contribution in [2.45, 2.75) is 39.5 Å². The summed E-state index contributed by atoms with van der Waals surface area (Å²) in [4.78, 5) is 34.9. The molecule has 0 bridgehead atoms. The van der Waals surface area contributed by atoms with Crippen molar-refractivity contribution in [3.05, 3.63) is 69.6 Å². The smallest absolute Gasteiger partial charge is 0.408 e. The number of furan rings is 2. The molecular weight excluding hydrogens is 560 g/mol. The average Bonchev–Trinajstić information content (AvgIpc) is 3.48. The maximum atomic E-state index is 11.8. The van der Waals surface area contributed by atoms with Crippen molar-refractivity contribution in [1.82, 2.24) is 5.32 Å². The third kappa shape index (κ3) is 7.14. The number of rotatable bonds is 5. The predicted octanol–water partition coefficient (Wildman–Crippen LogP) is 5.68. The molecule has 0 aliphatic heterocycles. The van der Waals surface area contributed by atoms with Gasteiger partial charge in [0.1, 0.15) is 39.4 Å². The number of benzene rings is 2. The molecule has 2 aromatic heterocycles. The molecule has 2 aromatic carbocycles. The lowest BCUT2D eigenvalue weighted by Crippen LogP contribution is -2.32. The van der Waals surface area contributed by atoms with Gasteiger partial charge in [-0.05, 0) is 51.1 Å². The van der Waals surface area contributed by atoms with E-state index in [0.717, 1.165) is 15.2 Å². The minimum Gasteiger partial charge on any atom is -0.465 e. The Labute approximate surface area is 227 Å². The zero-order valence-electron chi connectivity index (χ0n) is 21.7. The number of methoxy groups -OCH3 is 2. The fourth-order valence-electron chi connectivity index (χ4n) is 3.48. The van der Waals surface area contributed by atoms with Crippen LogP contribution in [0.5, 0.6) is 0 Å². The second-order valence-electron chi connectivity index (χ2n) is 9.06. The number of amides is 1. The first kappa shape index (κ1) is 28.7. The number of fused-ring (bicyclic) bond motifs is 2. The number of carbonyl (C=O) groups excluding carboxylic acids is 3. The van der Waals surface area contributed by atoms with Crippen LogP contribution in [0.4, 0.5) is 4.79 Å². The minimum absolute atomic E-state index is 0.155. The maximum absolute atomic E-state index is 11.8. The molecule has 202 valence electrons. The summed E-state index contributed by atoms with van der Waals surface area (Å²) >= 11 is 3.35. The minimum atomic E-state index is -0.569. The van der Waals surface area contributed by atoms with Crippen LogP contribution in [-0.4, -0.2) is 37.9 Å². The van der Waals surface area contributed by atoms with Crippen molar-refractivity contribution in [3.63, 3.8) is 0 Å². The Hall–Kier alpha value is -3.83. The van der Waals surface area contributed by atoms with E-state index in [1.54, 1.807) is 45.0 Å². The van der Waals surface area contributed by atoms with Gasteiger partial charge in [-0.3, -0.25) is 0 Å². The molecule has 11 heteroatoms. The van der Waals surface area contributed by atoms with Gasteiger partial charge in [0, 0.05) is 15.2 Å². The van der Waals surface area contributed by atoms with Crippen LogP contribution in [0.2, 0.25) is 0 Å². The van der Waals surface area contributed by atoms with Gasteiger partial charge in [-0.15, -0.1) is 0 Å². The van der Waals surface area contributed by atoms with Crippen LogP contribution in [-0.2, 0) is 27.3 Å². The van der Waals surface area contributed by atoms with E-state index in [0.29, 0.717) is 40.4 Å². The van der Waals surface area contributed by atoms with E-state index in [1.807, 2.05) is 18.2 Å². The van der Waals surface area contributed by atoms with E-state index in [9.17, 15) is 14.4 Å². The van der Waals surface area contributed by atoms with E-state index in [1.165, 1.54) is 14.2 Å². The molecule has 4 rings (SSSR count).